The van der Waals surface area contributed by atoms with Gasteiger partial charge in [0.1, 0.15) is 5.82 Å². The van der Waals surface area contributed by atoms with Crippen LogP contribution in [0.3, 0.4) is 0 Å². The Bertz CT molecular complexity index is 1630. The van der Waals surface area contributed by atoms with E-state index in [9.17, 15) is 13.2 Å². The number of carbonyl (C=O) groups excluding carboxylic acids is 1. The van der Waals surface area contributed by atoms with Gasteiger partial charge < -0.3 is 9.47 Å². The third-order valence-corrected chi connectivity index (χ3v) is 9.66. The highest BCUT2D eigenvalue weighted by Crippen LogP contribution is 2.35. The van der Waals surface area contributed by atoms with Crippen LogP contribution in [-0.2, 0) is 34.8 Å². The predicted octanol–water partition coefficient (Wildman–Crippen LogP) is 6.12. The van der Waals surface area contributed by atoms with E-state index in [1.165, 1.54) is 0 Å². The van der Waals surface area contributed by atoms with Gasteiger partial charge in [-0.3, -0.25) is 4.79 Å². The molecular formula is C33H38N4O3S. The molecule has 0 fully saturated rings. The van der Waals surface area contributed by atoms with Crippen LogP contribution >= 0.6 is 0 Å². The molecule has 0 saturated heterocycles. The van der Waals surface area contributed by atoms with Crippen LogP contribution in [0.25, 0.3) is 0 Å². The third kappa shape index (κ3) is 6.44. The lowest BCUT2D eigenvalue weighted by atomic mass is 9.87. The Morgan fingerprint density at radius 3 is 2.49 bits per heavy atom. The summed E-state index contributed by atoms with van der Waals surface area (Å²) < 4.78 is 31.6. The van der Waals surface area contributed by atoms with Gasteiger partial charge in [-0.15, -0.1) is 0 Å². The second kappa shape index (κ2) is 12.0. The molecule has 5 rings (SSSR count). The lowest BCUT2D eigenvalue weighted by Crippen LogP contribution is -2.33. The largest absolute Gasteiger partial charge is 0.334 e. The van der Waals surface area contributed by atoms with Crippen molar-refractivity contribution in [2.45, 2.75) is 69.9 Å². The summed E-state index contributed by atoms with van der Waals surface area (Å²) in [7, 11) is -1.75. The minimum Gasteiger partial charge on any atom is -0.334 e. The average Bonchev–Trinajstić information content (AvgIpc) is 3.28. The van der Waals surface area contributed by atoms with Gasteiger partial charge in [-0.05, 0) is 80.0 Å². The van der Waals surface area contributed by atoms with Crippen molar-refractivity contribution in [2.75, 3.05) is 4.90 Å². The summed E-state index contributed by atoms with van der Waals surface area (Å²) in [4.78, 5) is 20.4. The van der Waals surface area contributed by atoms with E-state index in [-0.39, 0.29) is 22.8 Å². The van der Waals surface area contributed by atoms with E-state index >= 15 is 0 Å². The third-order valence-electron chi connectivity index (χ3n) is 8.17. The van der Waals surface area contributed by atoms with Crippen molar-refractivity contribution in [3.63, 3.8) is 0 Å². The minimum absolute atomic E-state index is 0.00718. The maximum absolute atomic E-state index is 13.9. The van der Waals surface area contributed by atoms with Crippen molar-refractivity contribution in [3.8, 4) is 0 Å². The van der Waals surface area contributed by atoms with Crippen molar-refractivity contribution in [2.24, 2.45) is 7.05 Å². The lowest BCUT2D eigenvalue weighted by molar-refractivity contribution is -0.119. The summed E-state index contributed by atoms with van der Waals surface area (Å²) in [6.45, 7) is 6.32. The number of nitrogens with one attached hydrogen (secondary N) is 1. The Hall–Kier alpha value is -3.75. The smallest absolute Gasteiger partial charge is 0.241 e. The number of amides is 1. The first-order valence-electron chi connectivity index (χ1n) is 14.2. The molecule has 8 heteroatoms. The highest BCUT2D eigenvalue weighted by molar-refractivity contribution is 7.89. The molecule has 1 aliphatic rings. The van der Waals surface area contributed by atoms with Crippen LogP contribution in [0.15, 0.2) is 83.9 Å². The van der Waals surface area contributed by atoms with Crippen molar-refractivity contribution < 1.29 is 13.2 Å². The highest BCUT2D eigenvalue weighted by atomic mass is 32.2. The normalized spacial score (nSPS) is 15.8. The standard InChI is InChI=1S/C33H38N4O3S/c1-23-13-17-30(18-14-23)41(39,40)35-32-12-8-11-27-15-16-28(20-31(27)32)37(22-29-21-34-25(3)36(29)4)33(38)19-24(2)26-9-6-5-7-10-26/h5-7,9-10,13-18,20-21,24,32,35H,8,11-12,19,22H2,1-4H3/t24-,32-/m0/s1. The van der Waals surface area contributed by atoms with Crippen LogP contribution in [0, 0.1) is 13.8 Å². The lowest BCUT2D eigenvalue weighted by Gasteiger charge is -2.30. The summed E-state index contributed by atoms with van der Waals surface area (Å²) in [6.07, 6.45) is 4.62. The number of anilines is 1. The number of aromatic nitrogens is 2. The first kappa shape index (κ1) is 28.8. The van der Waals surface area contributed by atoms with Crippen LogP contribution in [0.4, 0.5) is 5.69 Å². The van der Waals surface area contributed by atoms with Gasteiger partial charge >= 0.3 is 0 Å². The fourth-order valence-corrected chi connectivity index (χ4v) is 6.75. The van der Waals surface area contributed by atoms with Crippen LogP contribution in [-0.4, -0.2) is 23.9 Å². The van der Waals surface area contributed by atoms with Gasteiger partial charge in [0.25, 0.3) is 0 Å². The van der Waals surface area contributed by atoms with E-state index < -0.39 is 10.0 Å². The first-order chi connectivity index (χ1) is 19.6. The van der Waals surface area contributed by atoms with Crippen molar-refractivity contribution in [3.05, 3.63) is 113 Å². The van der Waals surface area contributed by atoms with Crippen molar-refractivity contribution in [1.29, 1.82) is 0 Å². The molecule has 0 aliphatic heterocycles. The molecule has 214 valence electrons. The van der Waals surface area contributed by atoms with Gasteiger partial charge in [-0.25, -0.2) is 18.1 Å². The molecule has 1 N–H and O–H groups in total. The molecule has 4 aromatic rings. The maximum atomic E-state index is 13.9. The molecule has 1 amide bonds. The number of nitrogens with zero attached hydrogens (tertiary/aromatic N) is 3. The van der Waals surface area contributed by atoms with E-state index in [4.69, 9.17) is 0 Å². The molecule has 7 nitrogen and oxygen atoms in total. The zero-order chi connectivity index (χ0) is 29.1. The van der Waals surface area contributed by atoms with Crippen molar-refractivity contribution >= 4 is 21.6 Å². The molecule has 1 heterocycles. The van der Waals surface area contributed by atoms with Crippen LogP contribution in [0.2, 0.25) is 0 Å². The van der Waals surface area contributed by atoms with Gasteiger partial charge in [-0.1, -0.05) is 61.0 Å². The Balaban J connectivity index is 1.47. The summed E-state index contributed by atoms with van der Waals surface area (Å²) in [5, 5.41) is 0. The zero-order valence-electron chi connectivity index (χ0n) is 24.2. The molecule has 3 aromatic carbocycles. The minimum atomic E-state index is -3.71. The van der Waals surface area contributed by atoms with Gasteiger partial charge in [0, 0.05) is 25.2 Å². The maximum Gasteiger partial charge on any atom is 0.241 e. The van der Waals surface area contributed by atoms with Crippen molar-refractivity contribution in [1.82, 2.24) is 14.3 Å². The fraction of sp³-hybridized carbons (Fsp3) is 0.333. The SMILES string of the molecule is Cc1ccc(S(=O)(=O)N[C@H]2CCCc3ccc(N(Cc4cnc(C)n4C)C(=O)C[C@H](C)c4ccccc4)cc32)cc1. The molecule has 0 saturated carbocycles. The Labute approximate surface area is 243 Å². The number of hydrogen-bond acceptors (Lipinski definition) is 4. The van der Waals surface area contributed by atoms with E-state index in [1.54, 1.807) is 12.1 Å². The zero-order valence-corrected chi connectivity index (χ0v) is 25.0. The molecule has 0 bridgehead atoms. The second-order valence-electron chi connectivity index (χ2n) is 11.1. The van der Waals surface area contributed by atoms with Crippen LogP contribution in [0.5, 0.6) is 0 Å². The van der Waals surface area contributed by atoms with E-state index in [0.29, 0.717) is 19.4 Å². The summed E-state index contributed by atoms with van der Waals surface area (Å²) in [6, 6.07) is 22.6. The van der Waals surface area contributed by atoms with Crippen LogP contribution in [0.1, 0.15) is 71.9 Å². The number of fused-ring (bicyclic) bond motifs is 1. The Morgan fingerprint density at radius 1 is 1.07 bits per heavy atom. The molecular weight excluding hydrogens is 532 g/mol. The topological polar surface area (TPSA) is 84.3 Å². The van der Waals surface area contributed by atoms with E-state index in [0.717, 1.165) is 52.3 Å². The molecule has 0 radical (unpaired) electrons. The number of rotatable bonds is 9. The first-order valence-corrected chi connectivity index (χ1v) is 15.6. The number of hydrogen-bond donors (Lipinski definition) is 1. The van der Waals surface area contributed by atoms with Gasteiger partial charge in [-0.2, -0.15) is 0 Å². The fourth-order valence-electron chi connectivity index (χ4n) is 5.50. The summed E-state index contributed by atoms with van der Waals surface area (Å²) in [5.74, 6) is 0.931. The number of benzene rings is 3. The van der Waals surface area contributed by atoms with Gasteiger partial charge in [0.05, 0.1) is 23.3 Å². The molecule has 0 spiro atoms. The molecule has 1 aromatic heterocycles. The number of carbonyl (C=O) groups is 1. The van der Waals surface area contributed by atoms with E-state index in [2.05, 4.69) is 28.8 Å². The van der Waals surface area contributed by atoms with E-state index in [1.807, 2.05) is 85.1 Å². The average molecular weight is 571 g/mol. The quantitative estimate of drug-likeness (QED) is 0.263. The number of sulfonamides is 1. The predicted molar refractivity (Wildman–Crippen MR) is 162 cm³/mol. The molecule has 2 atom stereocenters. The summed E-state index contributed by atoms with van der Waals surface area (Å²) in [5.41, 5.74) is 5.85. The molecule has 0 unspecified atom stereocenters. The highest BCUT2D eigenvalue weighted by Gasteiger charge is 2.28. The Kier molecular flexibility index (Phi) is 8.42. The number of imidazole rings is 1. The second-order valence-corrected chi connectivity index (χ2v) is 12.8. The van der Waals surface area contributed by atoms with Gasteiger partial charge in [0.15, 0.2) is 0 Å². The van der Waals surface area contributed by atoms with Crippen LogP contribution < -0.4 is 9.62 Å². The number of aryl methyl sites for hydroxylation is 3. The molecule has 1 aliphatic carbocycles. The monoisotopic (exact) mass is 570 g/mol. The van der Waals surface area contributed by atoms with Gasteiger partial charge in [0.2, 0.25) is 15.9 Å². The Morgan fingerprint density at radius 2 is 1.80 bits per heavy atom. The summed E-state index contributed by atoms with van der Waals surface area (Å²) >= 11 is 0. The molecule has 41 heavy (non-hydrogen) atoms.